The number of aryl methyl sites for hydroxylation is 2. The zero-order chi connectivity index (χ0) is 17.6. The van der Waals surface area contributed by atoms with Gasteiger partial charge in [0.2, 0.25) is 5.91 Å². The van der Waals surface area contributed by atoms with Crippen LogP contribution in [0.3, 0.4) is 0 Å². The molecule has 25 heavy (non-hydrogen) atoms. The molecular formula is C20H26N4O. The molecule has 1 aromatic carbocycles. The van der Waals surface area contributed by atoms with Gasteiger partial charge in [-0.2, -0.15) is 0 Å². The van der Waals surface area contributed by atoms with E-state index >= 15 is 0 Å². The summed E-state index contributed by atoms with van der Waals surface area (Å²) in [6, 6.07) is 8.58. The molecule has 0 fully saturated rings. The van der Waals surface area contributed by atoms with E-state index in [9.17, 15) is 4.79 Å². The van der Waals surface area contributed by atoms with Gasteiger partial charge in [-0.25, -0.2) is 4.98 Å². The summed E-state index contributed by atoms with van der Waals surface area (Å²) < 4.78 is 2.29. The molecule has 2 aliphatic heterocycles. The second kappa shape index (κ2) is 6.30. The molecule has 3 heterocycles. The number of amides is 1. The fourth-order valence-corrected chi connectivity index (χ4v) is 4.13. The summed E-state index contributed by atoms with van der Waals surface area (Å²) in [7, 11) is 0. The highest BCUT2D eigenvalue weighted by Gasteiger charge is 2.30. The van der Waals surface area contributed by atoms with E-state index in [-0.39, 0.29) is 11.9 Å². The van der Waals surface area contributed by atoms with Crippen LogP contribution in [-0.4, -0.2) is 39.5 Å². The predicted octanol–water partition coefficient (Wildman–Crippen LogP) is 2.68. The third-order valence-corrected chi connectivity index (χ3v) is 5.69. The van der Waals surface area contributed by atoms with Crippen molar-refractivity contribution in [1.82, 2.24) is 14.5 Å². The molecule has 4 rings (SSSR count). The van der Waals surface area contributed by atoms with Crippen LogP contribution in [0.4, 0.5) is 5.69 Å². The molecule has 0 saturated heterocycles. The van der Waals surface area contributed by atoms with Crippen molar-refractivity contribution in [3.63, 3.8) is 0 Å². The summed E-state index contributed by atoms with van der Waals surface area (Å²) in [5.41, 5.74) is 4.73. The minimum atomic E-state index is 0.202. The summed E-state index contributed by atoms with van der Waals surface area (Å²) in [5.74, 6) is 1.29. The highest BCUT2D eigenvalue weighted by atomic mass is 16.2. The SMILES string of the molecule is Cc1nc2n(c1C)CCN(CC(=O)N1c3ccccc3CCC1C)C2. The number of hydrogen-bond donors (Lipinski definition) is 0. The second-order valence-electron chi connectivity index (χ2n) is 7.34. The number of benzene rings is 1. The fourth-order valence-electron chi connectivity index (χ4n) is 4.13. The molecule has 0 radical (unpaired) electrons. The molecule has 1 amide bonds. The standard InChI is InChI=1S/C20H26N4O/c1-14-8-9-17-6-4-5-7-18(17)24(14)20(25)13-22-10-11-23-16(3)15(2)21-19(23)12-22/h4-7,14H,8-13H2,1-3H3. The van der Waals surface area contributed by atoms with Crippen molar-refractivity contribution in [3.05, 3.63) is 47.0 Å². The summed E-state index contributed by atoms with van der Waals surface area (Å²) >= 11 is 0. The highest BCUT2D eigenvalue weighted by molar-refractivity contribution is 5.96. The van der Waals surface area contributed by atoms with Gasteiger partial charge < -0.3 is 9.47 Å². The Hall–Kier alpha value is -2.14. The zero-order valence-electron chi connectivity index (χ0n) is 15.3. The molecule has 0 spiro atoms. The van der Waals surface area contributed by atoms with Crippen LogP contribution in [0, 0.1) is 13.8 Å². The number of para-hydroxylation sites is 1. The Labute approximate surface area is 149 Å². The van der Waals surface area contributed by atoms with Crippen LogP contribution in [0.5, 0.6) is 0 Å². The Morgan fingerprint density at radius 2 is 2.04 bits per heavy atom. The topological polar surface area (TPSA) is 41.4 Å². The molecule has 1 aromatic heterocycles. The summed E-state index contributed by atoms with van der Waals surface area (Å²) in [6.07, 6.45) is 2.09. The van der Waals surface area contributed by atoms with E-state index in [1.165, 1.54) is 11.3 Å². The average molecular weight is 338 g/mol. The first-order valence-electron chi connectivity index (χ1n) is 9.19. The molecule has 5 nitrogen and oxygen atoms in total. The third kappa shape index (κ3) is 2.86. The molecule has 2 aromatic rings. The van der Waals surface area contributed by atoms with E-state index in [1.807, 2.05) is 11.0 Å². The Morgan fingerprint density at radius 3 is 2.88 bits per heavy atom. The highest BCUT2D eigenvalue weighted by Crippen LogP contribution is 2.30. The number of aromatic nitrogens is 2. The lowest BCUT2D eigenvalue weighted by atomic mass is 9.96. The summed E-state index contributed by atoms with van der Waals surface area (Å²) in [4.78, 5) is 22.0. The molecule has 0 N–H and O–H groups in total. The van der Waals surface area contributed by atoms with Crippen LogP contribution < -0.4 is 4.90 Å². The van der Waals surface area contributed by atoms with E-state index < -0.39 is 0 Å². The number of nitrogens with zero attached hydrogens (tertiary/aromatic N) is 4. The molecule has 0 aliphatic carbocycles. The van der Waals surface area contributed by atoms with Crippen LogP contribution in [0.1, 0.15) is 36.1 Å². The molecular weight excluding hydrogens is 312 g/mol. The van der Waals surface area contributed by atoms with Crippen molar-refractivity contribution in [2.75, 3.05) is 18.0 Å². The summed E-state index contributed by atoms with van der Waals surface area (Å²) in [6.45, 7) is 9.37. The van der Waals surface area contributed by atoms with Gasteiger partial charge in [-0.15, -0.1) is 0 Å². The van der Waals surface area contributed by atoms with Crippen molar-refractivity contribution < 1.29 is 4.79 Å². The number of rotatable bonds is 2. The normalized spacial score (nSPS) is 20.3. The van der Waals surface area contributed by atoms with Gasteiger partial charge in [0.15, 0.2) is 0 Å². The van der Waals surface area contributed by atoms with Gasteiger partial charge in [0.25, 0.3) is 0 Å². The fraction of sp³-hybridized carbons (Fsp3) is 0.500. The molecule has 1 atom stereocenters. The van der Waals surface area contributed by atoms with Crippen LogP contribution in [-0.2, 0) is 24.3 Å². The predicted molar refractivity (Wildman–Crippen MR) is 98.7 cm³/mol. The third-order valence-electron chi connectivity index (χ3n) is 5.69. The number of anilines is 1. The number of carbonyl (C=O) groups excluding carboxylic acids is 1. The van der Waals surface area contributed by atoms with Crippen LogP contribution >= 0.6 is 0 Å². The zero-order valence-corrected chi connectivity index (χ0v) is 15.3. The monoisotopic (exact) mass is 338 g/mol. The number of hydrogen-bond acceptors (Lipinski definition) is 3. The summed E-state index contributed by atoms with van der Waals surface area (Å²) in [5, 5.41) is 0. The maximum Gasteiger partial charge on any atom is 0.241 e. The quantitative estimate of drug-likeness (QED) is 0.845. The first-order valence-corrected chi connectivity index (χ1v) is 9.19. The number of imidazole rings is 1. The largest absolute Gasteiger partial charge is 0.330 e. The van der Waals surface area contributed by atoms with Crippen LogP contribution in [0.15, 0.2) is 24.3 Å². The maximum atomic E-state index is 13.1. The van der Waals surface area contributed by atoms with Gasteiger partial charge in [-0.3, -0.25) is 9.69 Å². The van der Waals surface area contributed by atoms with Crippen LogP contribution in [0.25, 0.3) is 0 Å². The molecule has 132 valence electrons. The van der Waals surface area contributed by atoms with Crippen LogP contribution in [0.2, 0.25) is 0 Å². The van der Waals surface area contributed by atoms with Gasteiger partial charge in [0, 0.05) is 30.5 Å². The van der Waals surface area contributed by atoms with Crippen molar-refractivity contribution in [3.8, 4) is 0 Å². The molecule has 2 aliphatic rings. The Balaban J connectivity index is 1.51. The lowest BCUT2D eigenvalue weighted by molar-refractivity contribution is -0.120. The molecule has 5 heteroatoms. The lowest BCUT2D eigenvalue weighted by Gasteiger charge is -2.37. The smallest absolute Gasteiger partial charge is 0.241 e. The lowest BCUT2D eigenvalue weighted by Crippen LogP contribution is -2.48. The van der Waals surface area contributed by atoms with E-state index in [1.54, 1.807) is 0 Å². The molecule has 0 bridgehead atoms. The van der Waals surface area contributed by atoms with Crippen molar-refractivity contribution in [2.24, 2.45) is 0 Å². The average Bonchev–Trinajstić information content (AvgIpc) is 2.88. The first kappa shape index (κ1) is 16.3. The maximum absolute atomic E-state index is 13.1. The van der Waals surface area contributed by atoms with Crippen molar-refractivity contribution >= 4 is 11.6 Å². The Bertz CT molecular complexity index is 810. The Morgan fingerprint density at radius 1 is 1.24 bits per heavy atom. The van der Waals surface area contributed by atoms with E-state index in [4.69, 9.17) is 0 Å². The first-order chi connectivity index (χ1) is 12.0. The van der Waals surface area contributed by atoms with Gasteiger partial charge in [-0.05, 0) is 45.2 Å². The van der Waals surface area contributed by atoms with E-state index in [0.717, 1.165) is 49.7 Å². The Kier molecular flexibility index (Phi) is 4.12. The van der Waals surface area contributed by atoms with Crippen molar-refractivity contribution in [1.29, 1.82) is 0 Å². The van der Waals surface area contributed by atoms with Gasteiger partial charge in [0.05, 0.1) is 18.8 Å². The number of fused-ring (bicyclic) bond motifs is 2. The second-order valence-corrected chi connectivity index (χ2v) is 7.34. The molecule has 1 unspecified atom stereocenters. The van der Waals surface area contributed by atoms with Gasteiger partial charge in [0.1, 0.15) is 5.82 Å². The molecule has 0 saturated carbocycles. The van der Waals surface area contributed by atoms with Gasteiger partial charge in [-0.1, -0.05) is 18.2 Å². The minimum Gasteiger partial charge on any atom is -0.330 e. The van der Waals surface area contributed by atoms with E-state index in [0.29, 0.717) is 6.54 Å². The van der Waals surface area contributed by atoms with Crippen molar-refractivity contribution in [2.45, 2.75) is 52.7 Å². The minimum absolute atomic E-state index is 0.202. The van der Waals surface area contributed by atoms with E-state index in [2.05, 4.69) is 53.4 Å². The number of carbonyl (C=O) groups is 1. The van der Waals surface area contributed by atoms with Gasteiger partial charge >= 0.3 is 0 Å².